The average Bonchev–Trinajstić information content (AvgIpc) is 3.11. The van der Waals surface area contributed by atoms with Gasteiger partial charge in [0.1, 0.15) is 6.61 Å². The van der Waals surface area contributed by atoms with E-state index in [-0.39, 0.29) is 24.1 Å². The number of carboxylic acids is 1. The Morgan fingerprint density at radius 2 is 1.65 bits per heavy atom. The SMILES string of the molecule is CC1CCc2cc(C(=O)[O-])ccc2N1C(=O)OCC1c2ccccc2-c2ccccc21. The van der Waals surface area contributed by atoms with Gasteiger partial charge < -0.3 is 14.6 Å². The third-order valence-corrected chi connectivity index (χ3v) is 6.38. The van der Waals surface area contributed by atoms with Gasteiger partial charge >= 0.3 is 6.09 Å². The minimum atomic E-state index is -1.21. The number of amides is 1. The number of carbonyl (C=O) groups is 2. The Bertz CT molecular complexity index is 1140. The zero-order valence-corrected chi connectivity index (χ0v) is 17.2. The van der Waals surface area contributed by atoms with E-state index in [9.17, 15) is 14.7 Å². The first-order valence-electron chi connectivity index (χ1n) is 10.5. The van der Waals surface area contributed by atoms with E-state index < -0.39 is 12.1 Å². The maximum Gasteiger partial charge on any atom is 0.414 e. The summed E-state index contributed by atoms with van der Waals surface area (Å²) in [4.78, 5) is 26.0. The van der Waals surface area contributed by atoms with Gasteiger partial charge in [-0.1, -0.05) is 54.6 Å². The lowest BCUT2D eigenvalue weighted by molar-refractivity contribution is -0.255. The quantitative estimate of drug-likeness (QED) is 0.648. The molecule has 3 aromatic carbocycles. The highest BCUT2D eigenvalue weighted by molar-refractivity contribution is 5.92. The van der Waals surface area contributed by atoms with Crippen molar-refractivity contribution in [2.75, 3.05) is 11.5 Å². The number of nitrogens with zero attached hydrogens (tertiary/aromatic N) is 1. The molecule has 156 valence electrons. The van der Waals surface area contributed by atoms with E-state index in [1.807, 2.05) is 31.2 Å². The van der Waals surface area contributed by atoms with Gasteiger partial charge in [0.2, 0.25) is 0 Å². The number of ether oxygens (including phenoxy) is 1. The van der Waals surface area contributed by atoms with Gasteiger partial charge in [-0.05, 0) is 65.3 Å². The standard InChI is InChI=1S/C26H23NO4/c1-16-10-11-17-14-18(25(28)29)12-13-24(17)27(16)26(30)31-15-23-21-8-4-2-6-19(21)20-7-3-5-9-22(20)23/h2-9,12-14,16,23H,10-11,15H2,1H3,(H,28,29)/p-1. The maximum absolute atomic E-state index is 13.1. The molecule has 2 aliphatic rings. The van der Waals surface area contributed by atoms with E-state index >= 15 is 0 Å². The van der Waals surface area contributed by atoms with Crippen LogP contribution in [0.2, 0.25) is 0 Å². The van der Waals surface area contributed by atoms with Crippen molar-refractivity contribution in [3.63, 3.8) is 0 Å². The molecule has 0 saturated carbocycles. The van der Waals surface area contributed by atoms with Gasteiger partial charge in [0.25, 0.3) is 0 Å². The Morgan fingerprint density at radius 3 is 2.29 bits per heavy atom. The summed E-state index contributed by atoms with van der Waals surface area (Å²) in [6.45, 7) is 2.24. The number of fused-ring (bicyclic) bond motifs is 4. The van der Waals surface area contributed by atoms with Crippen LogP contribution < -0.4 is 10.0 Å². The van der Waals surface area contributed by atoms with Crippen molar-refractivity contribution in [1.82, 2.24) is 0 Å². The van der Waals surface area contributed by atoms with Crippen LogP contribution in [-0.4, -0.2) is 24.7 Å². The Morgan fingerprint density at radius 1 is 1.00 bits per heavy atom. The van der Waals surface area contributed by atoms with Crippen LogP contribution in [0.25, 0.3) is 11.1 Å². The van der Waals surface area contributed by atoms with Gasteiger partial charge in [0.05, 0.1) is 11.7 Å². The first-order chi connectivity index (χ1) is 15.0. The van der Waals surface area contributed by atoms with Crippen molar-refractivity contribution in [3.05, 3.63) is 89.0 Å². The van der Waals surface area contributed by atoms with Gasteiger partial charge in [0, 0.05) is 12.0 Å². The van der Waals surface area contributed by atoms with Gasteiger partial charge in [-0.3, -0.25) is 4.90 Å². The molecule has 3 aromatic rings. The smallest absolute Gasteiger partial charge is 0.414 e. The molecular formula is C26H22NO4-. The van der Waals surface area contributed by atoms with E-state index in [4.69, 9.17) is 4.74 Å². The van der Waals surface area contributed by atoms with Gasteiger partial charge in [-0.15, -0.1) is 0 Å². The number of hydrogen-bond donors (Lipinski definition) is 0. The number of aryl methyl sites for hydroxylation is 1. The number of anilines is 1. The summed E-state index contributed by atoms with van der Waals surface area (Å²) in [6, 6.07) is 21.2. The monoisotopic (exact) mass is 412 g/mol. The summed E-state index contributed by atoms with van der Waals surface area (Å²) in [5, 5.41) is 11.2. The molecule has 0 radical (unpaired) electrons. The highest BCUT2D eigenvalue weighted by Crippen LogP contribution is 2.44. The fraction of sp³-hybridized carbons (Fsp3) is 0.231. The van der Waals surface area contributed by atoms with Crippen molar-refractivity contribution in [2.24, 2.45) is 0 Å². The van der Waals surface area contributed by atoms with Crippen molar-refractivity contribution in [2.45, 2.75) is 31.7 Å². The van der Waals surface area contributed by atoms with Crippen molar-refractivity contribution in [3.8, 4) is 11.1 Å². The zero-order chi connectivity index (χ0) is 21.5. The maximum atomic E-state index is 13.1. The fourth-order valence-electron chi connectivity index (χ4n) is 4.82. The third kappa shape index (κ3) is 3.26. The van der Waals surface area contributed by atoms with E-state index in [2.05, 4.69) is 24.3 Å². The summed E-state index contributed by atoms with van der Waals surface area (Å²) >= 11 is 0. The number of carbonyl (C=O) groups excluding carboxylic acids is 2. The van der Waals surface area contributed by atoms with Crippen LogP contribution in [-0.2, 0) is 11.2 Å². The molecule has 0 fully saturated rings. The van der Waals surface area contributed by atoms with Crippen LogP contribution in [0.15, 0.2) is 66.7 Å². The normalized spacial score (nSPS) is 16.9. The number of aromatic carboxylic acids is 1. The van der Waals surface area contributed by atoms with Crippen LogP contribution in [0, 0.1) is 0 Å². The molecule has 0 bridgehead atoms. The van der Waals surface area contributed by atoms with E-state index in [1.54, 1.807) is 17.0 Å². The van der Waals surface area contributed by atoms with E-state index in [0.29, 0.717) is 12.1 Å². The van der Waals surface area contributed by atoms with Crippen LogP contribution in [0.3, 0.4) is 0 Å². The molecule has 1 amide bonds. The van der Waals surface area contributed by atoms with Gasteiger partial charge in [0.15, 0.2) is 0 Å². The van der Waals surface area contributed by atoms with Gasteiger partial charge in [-0.2, -0.15) is 0 Å². The minimum absolute atomic E-state index is 0.00335. The Hall–Kier alpha value is -3.60. The predicted molar refractivity (Wildman–Crippen MR) is 116 cm³/mol. The summed E-state index contributed by atoms with van der Waals surface area (Å²) in [7, 11) is 0. The highest BCUT2D eigenvalue weighted by atomic mass is 16.6. The number of rotatable bonds is 3. The highest BCUT2D eigenvalue weighted by Gasteiger charge is 2.33. The summed E-state index contributed by atoms with van der Waals surface area (Å²) in [6.07, 6.45) is 1.05. The third-order valence-electron chi connectivity index (χ3n) is 6.38. The molecule has 1 unspecified atom stereocenters. The summed E-state index contributed by atoms with van der Waals surface area (Å²) < 4.78 is 5.84. The Labute approximate surface area is 180 Å². The second kappa shape index (κ2) is 7.58. The topological polar surface area (TPSA) is 69.7 Å². The lowest BCUT2D eigenvalue weighted by Crippen LogP contribution is -2.43. The van der Waals surface area contributed by atoms with Crippen molar-refractivity contribution >= 4 is 17.7 Å². The molecule has 0 spiro atoms. The molecule has 0 saturated heterocycles. The molecule has 1 aliphatic carbocycles. The van der Waals surface area contributed by atoms with Crippen LogP contribution >= 0.6 is 0 Å². The van der Waals surface area contributed by atoms with Crippen LogP contribution in [0.4, 0.5) is 10.5 Å². The first-order valence-corrected chi connectivity index (χ1v) is 10.5. The second-order valence-corrected chi connectivity index (χ2v) is 8.19. The predicted octanol–water partition coefficient (Wildman–Crippen LogP) is 4.14. The fourth-order valence-corrected chi connectivity index (χ4v) is 4.82. The average molecular weight is 412 g/mol. The molecule has 5 heteroatoms. The largest absolute Gasteiger partial charge is 0.545 e. The van der Waals surface area contributed by atoms with Gasteiger partial charge in [-0.25, -0.2) is 4.79 Å². The second-order valence-electron chi connectivity index (χ2n) is 8.19. The Balaban J connectivity index is 1.40. The minimum Gasteiger partial charge on any atom is -0.545 e. The van der Waals surface area contributed by atoms with Crippen molar-refractivity contribution in [1.29, 1.82) is 0 Å². The number of hydrogen-bond acceptors (Lipinski definition) is 4. The molecule has 5 nitrogen and oxygen atoms in total. The van der Waals surface area contributed by atoms with Crippen LogP contribution in [0.5, 0.6) is 0 Å². The zero-order valence-electron chi connectivity index (χ0n) is 17.2. The molecule has 31 heavy (non-hydrogen) atoms. The lowest BCUT2D eigenvalue weighted by atomic mass is 9.95. The van der Waals surface area contributed by atoms with Crippen molar-refractivity contribution < 1.29 is 19.4 Å². The lowest BCUT2D eigenvalue weighted by Gasteiger charge is -2.35. The molecule has 5 rings (SSSR count). The molecule has 0 aromatic heterocycles. The van der Waals surface area contributed by atoms with E-state index in [0.717, 1.165) is 12.0 Å². The molecular weight excluding hydrogens is 390 g/mol. The number of benzene rings is 3. The Kier molecular flexibility index (Phi) is 4.74. The molecule has 1 heterocycles. The first kappa shape index (κ1) is 19.4. The molecule has 1 atom stereocenters. The summed E-state index contributed by atoms with van der Waals surface area (Å²) in [5.74, 6) is -1.22. The number of carboxylic acid groups (broad SMARTS) is 1. The van der Waals surface area contributed by atoms with Crippen LogP contribution in [0.1, 0.15) is 46.3 Å². The molecule has 1 aliphatic heterocycles. The summed E-state index contributed by atoms with van der Waals surface area (Å²) in [5.41, 5.74) is 6.37. The van der Waals surface area contributed by atoms with E-state index in [1.165, 1.54) is 28.3 Å². The molecule has 0 N–H and O–H groups in total.